The number of nitrogens with zero attached hydrogens (tertiary/aromatic N) is 4. The van der Waals surface area contributed by atoms with E-state index in [1.807, 2.05) is 0 Å². The van der Waals surface area contributed by atoms with Gasteiger partial charge in [-0.15, -0.1) is 23.1 Å². The summed E-state index contributed by atoms with van der Waals surface area (Å²) >= 11 is 2.12. The summed E-state index contributed by atoms with van der Waals surface area (Å²) in [6.45, 7) is 2.42. The SMILES string of the molecule is CC(C)(O/N=C(/C(=O)N[C@@H]1C(=O)N2C(C(=O)O)=C(/C=C\c3cc(=O)c(O)cn3O)CS[C@H]12)c1csc(N)n1)C(=O)O. The van der Waals surface area contributed by atoms with E-state index in [9.17, 15) is 44.5 Å². The highest BCUT2D eigenvalue weighted by molar-refractivity contribution is 8.00. The van der Waals surface area contributed by atoms with E-state index in [-0.39, 0.29) is 33.5 Å². The third kappa shape index (κ3) is 5.73. The summed E-state index contributed by atoms with van der Waals surface area (Å²) in [4.78, 5) is 71.4. The van der Waals surface area contributed by atoms with Gasteiger partial charge in [-0.25, -0.2) is 14.6 Å². The molecule has 2 aliphatic heterocycles. The van der Waals surface area contributed by atoms with Crippen LogP contribution in [0.15, 0.2) is 44.9 Å². The Hall–Kier alpha value is -4.84. The Morgan fingerprint density at radius 3 is 2.59 bits per heavy atom. The molecule has 1 fully saturated rings. The predicted molar refractivity (Wildman–Crippen MR) is 144 cm³/mol. The number of carboxylic acids is 2. The standard InChI is InChI=1S/C23H22N6O10S2/c1-23(2,21(36)37)39-27-14(11-8-41-22(24)25-11)17(32)26-15-18(33)29-16(20(34)35)9(7-40-19(15)29)3-4-10-5-12(30)13(31)6-28(10)38/h3-6,8,15,19,31,38H,7H2,1-2H3,(H2,24,25)(H,26,32)(H,34,35)(H,36,37)/b4-3-,27-14+/t15-,19-/m1/s1. The molecule has 7 N–H and O–H groups in total. The van der Waals surface area contributed by atoms with E-state index in [1.165, 1.54) is 31.4 Å². The predicted octanol–water partition coefficient (Wildman–Crippen LogP) is -0.134. The number of amides is 2. The number of allylic oxidation sites excluding steroid dienone is 1. The van der Waals surface area contributed by atoms with Crippen LogP contribution >= 0.6 is 23.1 Å². The molecule has 2 amide bonds. The van der Waals surface area contributed by atoms with E-state index in [0.717, 1.165) is 40.3 Å². The van der Waals surface area contributed by atoms with Crippen molar-refractivity contribution in [1.82, 2.24) is 19.9 Å². The summed E-state index contributed by atoms with van der Waals surface area (Å²) in [7, 11) is 0. The van der Waals surface area contributed by atoms with Crippen LogP contribution in [-0.4, -0.2) is 87.4 Å². The Bertz CT molecular complexity index is 1610. The number of carbonyl (C=O) groups excluding carboxylic acids is 2. The Balaban J connectivity index is 1.57. The van der Waals surface area contributed by atoms with Crippen LogP contribution in [0.4, 0.5) is 5.13 Å². The molecule has 2 aliphatic rings. The zero-order chi connectivity index (χ0) is 30.2. The Morgan fingerprint density at radius 2 is 1.98 bits per heavy atom. The van der Waals surface area contributed by atoms with E-state index >= 15 is 0 Å². The molecule has 2 aromatic rings. The van der Waals surface area contributed by atoms with Crippen LogP contribution in [0.25, 0.3) is 6.08 Å². The third-order valence-electron chi connectivity index (χ3n) is 5.84. The summed E-state index contributed by atoms with van der Waals surface area (Å²) in [5.74, 6) is -5.07. The lowest BCUT2D eigenvalue weighted by atomic mass is 10.0. The number of β-lactam (4-membered cyclic amide) rings is 1. The van der Waals surface area contributed by atoms with Crippen molar-refractivity contribution in [1.29, 1.82) is 0 Å². The van der Waals surface area contributed by atoms with Crippen LogP contribution in [0.2, 0.25) is 0 Å². The number of nitrogen functional groups attached to an aromatic ring is 1. The van der Waals surface area contributed by atoms with Gasteiger partial charge in [0.1, 0.15) is 22.8 Å². The van der Waals surface area contributed by atoms with E-state index in [0.29, 0.717) is 4.73 Å². The number of carbonyl (C=O) groups is 4. The van der Waals surface area contributed by atoms with Crippen LogP contribution in [-0.2, 0) is 24.0 Å². The molecule has 0 spiro atoms. The first-order valence-electron chi connectivity index (χ1n) is 11.5. The lowest BCUT2D eigenvalue weighted by molar-refractivity contribution is -0.161. The van der Waals surface area contributed by atoms with E-state index in [2.05, 4.69) is 15.5 Å². The average molecular weight is 607 g/mol. The first-order valence-corrected chi connectivity index (χ1v) is 13.4. The molecule has 0 saturated carbocycles. The lowest BCUT2D eigenvalue weighted by Crippen LogP contribution is -2.71. The average Bonchev–Trinajstić information content (AvgIpc) is 3.33. The third-order valence-corrected chi connectivity index (χ3v) is 7.82. The maximum atomic E-state index is 13.2. The van der Waals surface area contributed by atoms with Gasteiger partial charge in [-0.1, -0.05) is 11.2 Å². The fraction of sp³-hybridized carbons (Fsp3) is 0.261. The van der Waals surface area contributed by atoms with Crippen molar-refractivity contribution in [2.75, 3.05) is 11.5 Å². The summed E-state index contributed by atoms with van der Waals surface area (Å²) in [6, 6.07) is -0.233. The van der Waals surface area contributed by atoms with Gasteiger partial charge >= 0.3 is 11.9 Å². The van der Waals surface area contributed by atoms with E-state index < -0.39 is 57.7 Å². The number of rotatable bonds is 9. The molecule has 16 nitrogen and oxygen atoms in total. The lowest BCUT2D eigenvalue weighted by Gasteiger charge is -2.49. The highest BCUT2D eigenvalue weighted by Gasteiger charge is 2.54. The van der Waals surface area contributed by atoms with Gasteiger partial charge in [-0.2, -0.15) is 4.73 Å². The number of anilines is 1. The second-order valence-corrected chi connectivity index (χ2v) is 11.1. The number of aliphatic carboxylic acids is 2. The number of pyridine rings is 1. The van der Waals surface area contributed by atoms with Crippen LogP contribution in [0.1, 0.15) is 25.2 Å². The van der Waals surface area contributed by atoms with Crippen molar-refractivity contribution in [3.8, 4) is 5.75 Å². The first kappa shape index (κ1) is 29.2. The molecule has 4 rings (SSSR count). The molecule has 41 heavy (non-hydrogen) atoms. The molecule has 2 aromatic heterocycles. The Kier molecular flexibility index (Phi) is 7.80. The summed E-state index contributed by atoms with van der Waals surface area (Å²) in [5.41, 5.74) is 2.38. The number of fused-ring (bicyclic) bond motifs is 1. The minimum Gasteiger partial charge on any atom is -0.503 e. The Morgan fingerprint density at radius 1 is 1.27 bits per heavy atom. The number of nitrogens with one attached hydrogen (secondary N) is 1. The Labute approximate surface area is 238 Å². The molecule has 0 aliphatic carbocycles. The van der Waals surface area contributed by atoms with Crippen molar-refractivity contribution in [2.24, 2.45) is 5.16 Å². The minimum absolute atomic E-state index is 0.0266. The maximum Gasteiger partial charge on any atom is 0.352 e. The second kappa shape index (κ2) is 11.0. The second-order valence-electron chi connectivity index (χ2n) is 9.08. The first-order chi connectivity index (χ1) is 19.2. The van der Waals surface area contributed by atoms with Gasteiger partial charge in [0.2, 0.25) is 11.0 Å². The molecular formula is C23H22N6O10S2. The minimum atomic E-state index is -1.80. The van der Waals surface area contributed by atoms with Gasteiger partial charge in [-0.3, -0.25) is 19.3 Å². The molecule has 2 atom stereocenters. The molecule has 0 aromatic carbocycles. The van der Waals surface area contributed by atoms with Crippen LogP contribution < -0.4 is 16.5 Å². The summed E-state index contributed by atoms with van der Waals surface area (Å²) in [6.07, 6.45) is 3.32. The zero-order valence-electron chi connectivity index (χ0n) is 21.2. The van der Waals surface area contributed by atoms with Gasteiger partial charge in [0.15, 0.2) is 16.6 Å². The number of hydrogen-bond acceptors (Lipinski definition) is 13. The number of hydrogen-bond donors (Lipinski definition) is 6. The number of aromatic hydroxyl groups is 1. The van der Waals surface area contributed by atoms with Crippen molar-refractivity contribution < 1.29 is 44.5 Å². The van der Waals surface area contributed by atoms with Crippen LogP contribution in [0.3, 0.4) is 0 Å². The van der Waals surface area contributed by atoms with Gasteiger partial charge in [0.25, 0.3) is 11.8 Å². The fourth-order valence-electron chi connectivity index (χ4n) is 3.62. The monoisotopic (exact) mass is 606 g/mol. The summed E-state index contributed by atoms with van der Waals surface area (Å²) in [5, 5.41) is 45.3. The molecule has 4 heterocycles. The number of oxime groups is 1. The van der Waals surface area contributed by atoms with Crippen LogP contribution in [0.5, 0.6) is 5.75 Å². The zero-order valence-corrected chi connectivity index (χ0v) is 22.8. The van der Waals surface area contributed by atoms with Gasteiger partial charge in [-0.05, 0) is 25.5 Å². The van der Waals surface area contributed by atoms with E-state index in [4.69, 9.17) is 10.6 Å². The summed E-state index contributed by atoms with van der Waals surface area (Å²) < 4.78 is 0.476. The molecule has 0 radical (unpaired) electrons. The number of nitrogens with two attached hydrogens (primary N) is 1. The quantitative estimate of drug-likeness (QED) is 0.0943. The normalized spacial score (nSPS) is 19.1. The van der Waals surface area contributed by atoms with Crippen molar-refractivity contribution >= 4 is 63.8 Å². The van der Waals surface area contributed by atoms with Gasteiger partial charge < -0.3 is 36.4 Å². The number of thioether (sulfide) groups is 1. The number of aromatic nitrogens is 2. The topological polar surface area (TPSA) is 247 Å². The molecule has 0 unspecified atom stereocenters. The van der Waals surface area contributed by atoms with Crippen molar-refractivity contribution in [3.63, 3.8) is 0 Å². The highest BCUT2D eigenvalue weighted by Crippen LogP contribution is 2.40. The molecular weight excluding hydrogens is 584 g/mol. The molecule has 1 saturated heterocycles. The van der Waals surface area contributed by atoms with Gasteiger partial charge in [0.05, 0.1) is 11.9 Å². The van der Waals surface area contributed by atoms with Crippen molar-refractivity contribution in [2.45, 2.75) is 30.9 Å². The number of carboxylic acid groups (broad SMARTS) is 2. The highest BCUT2D eigenvalue weighted by atomic mass is 32.2. The van der Waals surface area contributed by atoms with E-state index in [1.54, 1.807) is 0 Å². The fourth-order valence-corrected chi connectivity index (χ4v) is 5.49. The molecule has 18 heteroatoms. The largest absolute Gasteiger partial charge is 0.503 e. The molecule has 216 valence electrons. The molecule has 0 bridgehead atoms. The number of thiazole rings is 1. The van der Waals surface area contributed by atoms with Gasteiger partial charge in [0, 0.05) is 17.2 Å². The van der Waals surface area contributed by atoms with Crippen molar-refractivity contribution in [3.05, 3.63) is 56.6 Å². The maximum absolute atomic E-state index is 13.2. The smallest absolute Gasteiger partial charge is 0.352 e. The van der Waals surface area contributed by atoms with Crippen LogP contribution in [0, 0.1) is 0 Å².